The number of nitriles is 1. The fourth-order valence-electron chi connectivity index (χ4n) is 1.25. The first-order valence-electron chi connectivity index (χ1n) is 5.11. The largest absolute Gasteiger partial charge is 0.243 e. The van der Waals surface area contributed by atoms with Crippen LogP contribution in [0.15, 0.2) is 21.6 Å². The lowest BCUT2D eigenvalue weighted by Crippen LogP contribution is -2.34. The van der Waals surface area contributed by atoms with Crippen LogP contribution >= 0.6 is 27.5 Å². The maximum absolute atomic E-state index is 12.1. The lowest BCUT2D eigenvalue weighted by Gasteiger charge is -2.14. The van der Waals surface area contributed by atoms with Crippen LogP contribution in [0.1, 0.15) is 19.8 Å². The Kier molecular flexibility index (Phi) is 5.53. The second-order valence-corrected chi connectivity index (χ2v) is 6.49. The van der Waals surface area contributed by atoms with Gasteiger partial charge in [0.05, 0.1) is 12.5 Å². The zero-order valence-electron chi connectivity index (χ0n) is 9.52. The summed E-state index contributed by atoms with van der Waals surface area (Å²) >= 11 is 8.91. The second-order valence-electron chi connectivity index (χ2n) is 3.53. The maximum Gasteiger partial charge on any atom is 0.243 e. The molecule has 0 saturated carbocycles. The Bertz CT molecular complexity index is 571. The van der Waals surface area contributed by atoms with Gasteiger partial charge in [-0.05, 0) is 28.4 Å². The molecule has 8 heteroatoms. The van der Waals surface area contributed by atoms with Gasteiger partial charge in [-0.1, -0.05) is 18.5 Å². The summed E-state index contributed by atoms with van der Waals surface area (Å²) in [6, 6.07) is 2.87. The SMILES string of the molecule is CCC(CC#N)NS(=O)(=O)c1cc(Br)cnc1Cl. The standard InChI is InChI=1S/C10H11BrClN3O2S/c1-2-8(3-4-13)15-18(16,17)9-5-7(11)6-14-10(9)12/h5-6,8,15H,2-3H2,1H3. The molecule has 0 aliphatic rings. The van der Waals surface area contributed by atoms with Crippen LogP contribution in [0, 0.1) is 11.3 Å². The van der Waals surface area contributed by atoms with Gasteiger partial charge in [-0.3, -0.25) is 0 Å². The first-order chi connectivity index (χ1) is 8.40. The molecule has 18 heavy (non-hydrogen) atoms. The van der Waals surface area contributed by atoms with E-state index in [2.05, 4.69) is 25.6 Å². The van der Waals surface area contributed by atoms with E-state index in [4.69, 9.17) is 16.9 Å². The molecule has 0 fully saturated rings. The Hall–Kier alpha value is -0.680. The minimum absolute atomic E-state index is 0.0995. The Morgan fingerprint density at radius 1 is 1.67 bits per heavy atom. The summed E-state index contributed by atoms with van der Waals surface area (Å²) in [6.45, 7) is 1.80. The van der Waals surface area contributed by atoms with Gasteiger partial charge >= 0.3 is 0 Å². The predicted octanol–water partition coefficient (Wildman–Crippen LogP) is 2.47. The van der Waals surface area contributed by atoms with Gasteiger partial charge in [0.2, 0.25) is 10.0 Å². The minimum Gasteiger partial charge on any atom is -0.242 e. The Morgan fingerprint density at radius 3 is 2.89 bits per heavy atom. The summed E-state index contributed by atoms with van der Waals surface area (Å²) in [7, 11) is -3.77. The van der Waals surface area contributed by atoms with E-state index in [1.165, 1.54) is 12.3 Å². The van der Waals surface area contributed by atoms with E-state index in [-0.39, 0.29) is 16.5 Å². The van der Waals surface area contributed by atoms with E-state index in [1.54, 1.807) is 6.92 Å². The van der Waals surface area contributed by atoms with Gasteiger partial charge in [0.15, 0.2) is 0 Å². The smallest absolute Gasteiger partial charge is 0.242 e. The van der Waals surface area contributed by atoms with E-state index in [0.29, 0.717) is 10.9 Å². The number of halogens is 2. The van der Waals surface area contributed by atoms with E-state index in [0.717, 1.165) is 0 Å². The highest BCUT2D eigenvalue weighted by Crippen LogP contribution is 2.23. The monoisotopic (exact) mass is 351 g/mol. The second kappa shape index (κ2) is 6.48. The summed E-state index contributed by atoms with van der Waals surface area (Å²) in [4.78, 5) is 3.66. The van der Waals surface area contributed by atoms with Gasteiger partial charge in [-0.2, -0.15) is 5.26 Å². The molecule has 0 aliphatic carbocycles. The third kappa shape index (κ3) is 3.92. The van der Waals surface area contributed by atoms with E-state index in [9.17, 15) is 8.42 Å². The van der Waals surface area contributed by atoms with Crippen molar-refractivity contribution in [2.45, 2.75) is 30.7 Å². The first kappa shape index (κ1) is 15.4. The number of hydrogen-bond donors (Lipinski definition) is 1. The summed E-state index contributed by atoms with van der Waals surface area (Å²) in [5.74, 6) is 0. The number of hydrogen-bond acceptors (Lipinski definition) is 4. The van der Waals surface area contributed by atoms with Crippen LogP contribution in [0.2, 0.25) is 5.15 Å². The highest BCUT2D eigenvalue weighted by molar-refractivity contribution is 9.10. The number of sulfonamides is 1. The minimum atomic E-state index is -3.77. The normalized spacial score (nSPS) is 13.0. The van der Waals surface area contributed by atoms with Gasteiger partial charge in [0, 0.05) is 16.7 Å². The van der Waals surface area contributed by atoms with E-state index >= 15 is 0 Å². The Morgan fingerprint density at radius 2 is 2.33 bits per heavy atom. The quantitative estimate of drug-likeness (QED) is 0.825. The average Bonchev–Trinajstić information content (AvgIpc) is 2.31. The van der Waals surface area contributed by atoms with Gasteiger partial charge < -0.3 is 0 Å². The zero-order valence-corrected chi connectivity index (χ0v) is 12.7. The van der Waals surface area contributed by atoms with E-state index < -0.39 is 16.1 Å². The molecule has 0 amide bonds. The lowest BCUT2D eigenvalue weighted by atomic mass is 10.2. The van der Waals surface area contributed by atoms with Crippen molar-refractivity contribution >= 4 is 37.6 Å². The summed E-state index contributed by atoms with van der Waals surface area (Å²) in [5, 5.41) is 8.50. The van der Waals surface area contributed by atoms with Gasteiger partial charge in [-0.25, -0.2) is 18.1 Å². The molecule has 5 nitrogen and oxygen atoms in total. The molecule has 0 aromatic carbocycles. The lowest BCUT2D eigenvalue weighted by molar-refractivity contribution is 0.543. The maximum atomic E-state index is 12.1. The third-order valence-electron chi connectivity index (χ3n) is 2.22. The number of pyridine rings is 1. The molecular formula is C10H11BrClN3O2S. The molecule has 1 N–H and O–H groups in total. The van der Waals surface area contributed by atoms with Crippen molar-refractivity contribution in [3.63, 3.8) is 0 Å². The molecule has 0 aliphatic heterocycles. The van der Waals surface area contributed by atoms with Crippen molar-refractivity contribution in [2.24, 2.45) is 0 Å². The predicted molar refractivity (Wildman–Crippen MR) is 71.6 cm³/mol. The number of nitrogens with zero attached hydrogens (tertiary/aromatic N) is 2. The topological polar surface area (TPSA) is 82.9 Å². The van der Waals surface area contributed by atoms with Gasteiger partial charge in [0.1, 0.15) is 10.0 Å². The van der Waals surface area contributed by atoms with Crippen LogP contribution in [-0.4, -0.2) is 19.4 Å². The van der Waals surface area contributed by atoms with Crippen LogP contribution < -0.4 is 4.72 Å². The van der Waals surface area contributed by atoms with Crippen LogP contribution in [0.25, 0.3) is 0 Å². The molecule has 1 unspecified atom stereocenters. The molecular weight excluding hydrogens is 342 g/mol. The van der Waals surface area contributed by atoms with Crippen LogP contribution in [0.4, 0.5) is 0 Å². The fraction of sp³-hybridized carbons (Fsp3) is 0.400. The first-order valence-corrected chi connectivity index (χ1v) is 7.76. The number of rotatable bonds is 5. The van der Waals surface area contributed by atoms with Crippen LogP contribution in [-0.2, 0) is 10.0 Å². The average molecular weight is 353 g/mol. The summed E-state index contributed by atoms with van der Waals surface area (Å²) in [5.41, 5.74) is 0. The summed E-state index contributed by atoms with van der Waals surface area (Å²) in [6.07, 6.45) is 2.04. The van der Waals surface area contributed by atoms with E-state index in [1.807, 2.05) is 6.07 Å². The molecule has 0 saturated heterocycles. The highest BCUT2D eigenvalue weighted by Gasteiger charge is 2.22. The highest BCUT2D eigenvalue weighted by atomic mass is 79.9. The van der Waals surface area contributed by atoms with Crippen LogP contribution in [0.5, 0.6) is 0 Å². The Balaban J connectivity index is 3.06. The van der Waals surface area contributed by atoms with Crippen molar-refractivity contribution in [2.75, 3.05) is 0 Å². The molecule has 1 aromatic heterocycles. The number of aromatic nitrogens is 1. The molecule has 98 valence electrons. The fourth-order valence-corrected chi connectivity index (χ4v) is 3.52. The number of nitrogens with one attached hydrogen (secondary N) is 1. The molecule has 1 aromatic rings. The Labute approximate surface area is 119 Å². The molecule has 0 radical (unpaired) electrons. The van der Waals surface area contributed by atoms with Crippen molar-refractivity contribution in [1.29, 1.82) is 5.26 Å². The van der Waals surface area contributed by atoms with Crippen LogP contribution in [0.3, 0.4) is 0 Å². The van der Waals surface area contributed by atoms with Crippen molar-refractivity contribution in [3.05, 3.63) is 21.9 Å². The van der Waals surface area contributed by atoms with Gasteiger partial charge in [0.25, 0.3) is 0 Å². The zero-order chi connectivity index (χ0) is 13.8. The summed E-state index contributed by atoms with van der Waals surface area (Å²) < 4.78 is 27.1. The molecule has 0 bridgehead atoms. The van der Waals surface area contributed by atoms with Crippen molar-refractivity contribution in [3.8, 4) is 6.07 Å². The van der Waals surface area contributed by atoms with Gasteiger partial charge in [-0.15, -0.1) is 0 Å². The third-order valence-corrected chi connectivity index (χ3v) is 4.60. The molecule has 1 heterocycles. The molecule has 1 rings (SSSR count). The van der Waals surface area contributed by atoms with Crippen molar-refractivity contribution in [1.82, 2.24) is 9.71 Å². The van der Waals surface area contributed by atoms with Crippen molar-refractivity contribution < 1.29 is 8.42 Å². The molecule has 0 spiro atoms. The molecule has 1 atom stereocenters.